The number of thiophene rings is 1. The Kier molecular flexibility index (Phi) is 5.02. The Morgan fingerprint density at radius 3 is 2.04 bits per heavy atom. The minimum atomic E-state index is -1.42. The van der Waals surface area contributed by atoms with Crippen LogP contribution in [0, 0.1) is 0 Å². The van der Waals surface area contributed by atoms with Crippen LogP contribution in [0.15, 0.2) is 42.5 Å². The van der Waals surface area contributed by atoms with Gasteiger partial charge < -0.3 is 5.11 Å². The van der Waals surface area contributed by atoms with Gasteiger partial charge in [-0.2, -0.15) is 0 Å². The molecule has 0 amide bonds. The highest BCUT2D eigenvalue weighted by Gasteiger charge is 2.29. The molecule has 0 aliphatic heterocycles. The van der Waals surface area contributed by atoms with Crippen molar-refractivity contribution >= 4 is 89.7 Å². The van der Waals surface area contributed by atoms with Gasteiger partial charge in [-0.05, 0) is 24.3 Å². The zero-order valence-corrected chi connectivity index (χ0v) is 17.6. The van der Waals surface area contributed by atoms with E-state index >= 15 is 0 Å². The van der Waals surface area contributed by atoms with Crippen LogP contribution in [-0.4, -0.2) is 16.9 Å². The van der Waals surface area contributed by atoms with Crippen molar-refractivity contribution in [3.05, 3.63) is 79.2 Å². The lowest BCUT2D eigenvalue weighted by molar-refractivity contribution is 0.0693. The van der Waals surface area contributed by atoms with Crippen molar-refractivity contribution in [1.82, 2.24) is 0 Å². The second-order valence-electron chi connectivity index (χ2n) is 5.95. The summed E-state index contributed by atoms with van der Waals surface area (Å²) in [6, 6.07) is 13.0. The third kappa shape index (κ3) is 2.97. The molecule has 1 N–H and O–H groups in total. The lowest BCUT2D eigenvalue weighted by Gasteiger charge is -2.13. The topological polar surface area (TPSA) is 54.4 Å². The molecule has 0 saturated carbocycles. The van der Waals surface area contributed by atoms with Crippen LogP contribution < -0.4 is 0 Å². The first kappa shape index (κ1) is 19.5. The number of carboxylic acid groups (broad SMARTS) is 1. The fourth-order valence-corrected chi connectivity index (χ4v) is 5.16. The van der Waals surface area contributed by atoms with E-state index in [0.717, 1.165) is 20.2 Å². The summed E-state index contributed by atoms with van der Waals surface area (Å²) in [6.07, 6.45) is 0. The van der Waals surface area contributed by atoms with E-state index in [1.54, 1.807) is 23.5 Å². The quantitative estimate of drug-likeness (QED) is 0.191. The fourth-order valence-electron chi connectivity index (χ4n) is 3.06. The number of halogens is 4. The van der Waals surface area contributed by atoms with Crippen LogP contribution in [-0.2, 0) is 0 Å². The van der Waals surface area contributed by atoms with E-state index in [0.29, 0.717) is 0 Å². The Labute approximate surface area is 183 Å². The molecule has 0 saturated heterocycles. The van der Waals surface area contributed by atoms with Crippen molar-refractivity contribution in [2.24, 2.45) is 0 Å². The lowest BCUT2D eigenvalue weighted by atomic mass is 9.97. The van der Waals surface area contributed by atoms with Crippen LogP contribution in [0.4, 0.5) is 0 Å². The molecule has 0 aliphatic rings. The van der Waals surface area contributed by atoms with Crippen molar-refractivity contribution < 1.29 is 14.7 Å². The summed E-state index contributed by atoms with van der Waals surface area (Å²) >= 11 is 25.9. The molecule has 0 spiro atoms. The van der Waals surface area contributed by atoms with Crippen molar-refractivity contribution in [3.63, 3.8) is 0 Å². The molecule has 140 valence electrons. The van der Waals surface area contributed by atoms with E-state index in [1.165, 1.54) is 0 Å². The Morgan fingerprint density at radius 2 is 1.36 bits per heavy atom. The zero-order chi connectivity index (χ0) is 20.2. The maximum absolute atomic E-state index is 13.2. The number of carbonyl (C=O) groups excluding carboxylic acids is 1. The molecular formula is C20H8Cl4O3S. The summed E-state index contributed by atoms with van der Waals surface area (Å²) < 4.78 is 2.10. The summed E-state index contributed by atoms with van der Waals surface area (Å²) in [5.41, 5.74) is -0.483. The first-order valence-corrected chi connectivity index (χ1v) is 10.2. The number of rotatable bonds is 3. The highest BCUT2D eigenvalue weighted by atomic mass is 35.5. The number of carbonyl (C=O) groups is 2. The van der Waals surface area contributed by atoms with Gasteiger partial charge in [0.1, 0.15) is 0 Å². The van der Waals surface area contributed by atoms with Gasteiger partial charge in [0.05, 0.1) is 31.2 Å². The Balaban J connectivity index is 1.98. The maximum atomic E-state index is 13.2. The molecule has 0 aliphatic carbocycles. The third-order valence-corrected chi connectivity index (χ3v) is 7.30. The van der Waals surface area contributed by atoms with Crippen LogP contribution in [0.1, 0.15) is 26.3 Å². The van der Waals surface area contributed by atoms with Gasteiger partial charge in [-0.15, -0.1) is 11.3 Å². The normalized spacial score (nSPS) is 11.3. The molecule has 1 heterocycles. The van der Waals surface area contributed by atoms with Crippen molar-refractivity contribution in [3.8, 4) is 0 Å². The first-order chi connectivity index (χ1) is 13.3. The standard InChI is InChI=1S/C20H8Cl4O3S/c21-15-13(14(20(26)27)16(22)18(24)17(15)23)19(25)8-5-6-12-10(7-8)9-3-1-2-4-11(9)28-12/h1-7H,(H,26,27). The lowest BCUT2D eigenvalue weighted by Crippen LogP contribution is -2.12. The predicted octanol–water partition coefficient (Wildman–Crippen LogP) is 7.60. The van der Waals surface area contributed by atoms with E-state index in [2.05, 4.69) is 0 Å². The molecule has 0 unspecified atom stereocenters. The number of ketones is 1. The maximum Gasteiger partial charge on any atom is 0.338 e. The minimum absolute atomic E-state index is 0.163. The average molecular weight is 470 g/mol. The number of aromatic carboxylic acids is 1. The molecule has 0 atom stereocenters. The smallest absolute Gasteiger partial charge is 0.338 e. The van der Waals surface area contributed by atoms with Gasteiger partial charge in [-0.1, -0.05) is 64.6 Å². The van der Waals surface area contributed by atoms with Gasteiger partial charge in [0.15, 0.2) is 5.78 Å². The van der Waals surface area contributed by atoms with Gasteiger partial charge in [-0.25, -0.2) is 4.79 Å². The Bertz CT molecular complexity index is 1310. The molecule has 0 bridgehead atoms. The highest BCUT2D eigenvalue weighted by Crippen LogP contribution is 2.43. The van der Waals surface area contributed by atoms with Gasteiger partial charge in [-0.3, -0.25) is 4.79 Å². The van der Waals surface area contributed by atoms with Crippen LogP contribution in [0.5, 0.6) is 0 Å². The molecule has 0 radical (unpaired) electrons. The Morgan fingerprint density at radius 1 is 0.750 bits per heavy atom. The zero-order valence-electron chi connectivity index (χ0n) is 13.7. The number of carboxylic acids is 1. The predicted molar refractivity (Wildman–Crippen MR) is 116 cm³/mol. The largest absolute Gasteiger partial charge is 0.478 e. The van der Waals surface area contributed by atoms with Crippen molar-refractivity contribution in [1.29, 1.82) is 0 Å². The number of hydrogen-bond acceptors (Lipinski definition) is 3. The molecular weight excluding hydrogens is 462 g/mol. The van der Waals surface area contributed by atoms with E-state index in [9.17, 15) is 14.7 Å². The Hall–Kier alpha value is -1.82. The molecule has 1 aromatic heterocycles. The van der Waals surface area contributed by atoms with E-state index in [4.69, 9.17) is 46.4 Å². The molecule has 8 heteroatoms. The molecule has 3 aromatic carbocycles. The molecule has 0 fully saturated rings. The summed E-state index contributed by atoms with van der Waals surface area (Å²) in [7, 11) is 0. The van der Waals surface area contributed by atoms with Crippen LogP contribution >= 0.6 is 57.7 Å². The molecule has 4 aromatic rings. The molecule has 3 nitrogen and oxygen atoms in total. The van der Waals surface area contributed by atoms with Crippen LogP contribution in [0.3, 0.4) is 0 Å². The second kappa shape index (κ2) is 7.21. The summed E-state index contributed by atoms with van der Waals surface area (Å²) in [4.78, 5) is 24.9. The van der Waals surface area contributed by atoms with Gasteiger partial charge >= 0.3 is 5.97 Å². The van der Waals surface area contributed by atoms with Crippen LogP contribution in [0.25, 0.3) is 20.2 Å². The van der Waals surface area contributed by atoms with Gasteiger partial charge in [0.2, 0.25) is 0 Å². The van der Waals surface area contributed by atoms with E-state index < -0.39 is 17.3 Å². The SMILES string of the molecule is O=C(O)c1c(Cl)c(Cl)c(Cl)c(Cl)c1C(=O)c1ccc2sc3ccccc3c2c1. The van der Waals surface area contributed by atoms with Crippen LogP contribution in [0.2, 0.25) is 20.1 Å². The monoisotopic (exact) mass is 468 g/mol. The number of hydrogen-bond donors (Lipinski definition) is 1. The van der Waals surface area contributed by atoms with E-state index in [-0.39, 0.29) is 31.2 Å². The summed E-state index contributed by atoms with van der Waals surface area (Å²) in [5.74, 6) is -2.02. The molecule has 28 heavy (non-hydrogen) atoms. The fraction of sp³-hybridized carbons (Fsp3) is 0. The molecule has 4 rings (SSSR count). The number of fused-ring (bicyclic) bond motifs is 3. The van der Waals surface area contributed by atoms with Crippen molar-refractivity contribution in [2.45, 2.75) is 0 Å². The second-order valence-corrected chi connectivity index (χ2v) is 8.55. The first-order valence-electron chi connectivity index (χ1n) is 7.86. The summed E-state index contributed by atoms with van der Waals surface area (Å²) in [5, 5.41) is 10.5. The summed E-state index contributed by atoms with van der Waals surface area (Å²) in [6.45, 7) is 0. The number of benzene rings is 3. The van der Waals surface area contributed by atoms with Crippen molar-refractivity contribution in [2.75, 3.05) is 0 Å². The van der Waals surface area contributed by atoms with Gasteiger partial charge in [0.25, 0.3) is 0 Å². The minimum Gasteiger partial charge on any atom is -0.478 e. The van der Waals surface area contributed by atoms with Gasteiger partial charge in [0, 0.05) is 25.7 Å². The highest BCUT2D eigenvalue weighted by molar-refractivity contribution is 7.25. The van der Waals surface area contributed by atoms with E-state index in [1.807, 2.05) is 30.3 Å². The average Bonchev–Trinajstić information content (AvgIpc) is 3.06. The third-order valence-electron chi connectivity index (χ3n) is 4.35.